The van der Waals surface area contributed by atoms with E-state index >= 15 is 0 Å². The molecule has 1 rings (SSSR count). The van der Waals surface area contributed by atoms with Crippen molar-refractivity contribution in [2.45, 2.75) is 17.7 Å². The Morgan fingerprint density at radius 3 is 2.67 bits per heavy atom. The fourth-order valence-corrected chi connectivity index (χ4v) is 1.46. The summed E-state index contributed by atoms with van der Waals surface area (Å²) in [5, 5.41) is 0. The van der Waals surface area contributed by atoms with E-state index < -0.39 is 6.43 Å². The standard InChI is InChI=1S/C10H9ClF2OS/c11-5-8(14)4-7-3-6(10(12)13)1-2-9(7)15/h1-3,10,15H,4-5H2. The van der Waals surface area contributed by atoms with Gasteiger partial charge in [-0.1, -0.05) is 6.07 Å². The normalized spacial score (nSPS) is 10.7. The van der Waals surface area contributed by atoms with Gasteiger partial charge in [0, 0.05) is 16.9 Å². The van der Waals surface area contributed by atoms with E-state index in [1.165, 1.54) is 18.2 Å². The van der Waals surface area contributed by atoms with Crippen LogP contribution in [-0.4, -0.2) is 11.7 Å². The largest absolute Gasteiger partial charge is 0.298 e. The highest BCUT2D eigenvalue weighted by atomic mass is 35.5. The van der Waals surface area contributed by atoms with Gasteiger partial charge in [0.2, 0.25) is 0 Å². The van der Waals surface area contributed by atoms with Gasteiger partial charge in [0.1, 0.15) is 0 Å². The van der Waals surface area contributed by atoms with Crippen molar-refractivity contribution in [2.75, 3.05) is 5.88 Å². The molecule has 0 aliphatic heterocycles. The van der Waals surface area contributed by atoms with E-state index in [0.29, 0.717) is 10.5 Å². The third-order valence-corrected chi connectivity index (χ3v) is 2.63. The molecule has 0 heterocycles. The van der Waals surface area contributed by atoms with E-state index in [1.54, 1.807) is 0 Å². The van der Waals surface area contributed by atoms with E-state index in [0.717, 1.165) is 0 Å². The molecule has 15 heavy (non-hydrogen) atoms. The second-order valence-corrected chi connectivity index (χ2v) is 3.79. The summed E-state index contributed by atoms with van der Waals surface area (Å²) in [6, 6.07) is 4.04. The predicted molar refractivity (Wildman–Crippen MR) is 58.1 cm³/mol. The molecule has 0 amide bonds. The molecule has 0 aliphatic carbocycles. The maximum absolute atomic E-state index is 12.4. The van der Waals surface area contributed by atoms with Crippen LogP contribution in [0.4, 0.5) is 8.78 Å². The summed E-state index contributed by atoms with van der Waals surface area (Å²) in [4.78, 5) is 11.6. The minimum atomic E-state index is -2.54. The van der Waals surface area contributed by atoms with Crippen molar-refractivity contribution in [3.05, 3.63) is 29.3 Å². The van der Waals surface area contributed by atoms with Crippen molar-refractivity contribution in [1.29, 1.82) is 0 Å². The number of hydrogen-bond acceptors (Lipinski definition) is 2. The molecule has 0 bridgehead atoms. The average Bonchev–Trinajstić information content (AvgIpc) is 2.20. The molecule has 0 fully saturated rings. The summed E-state index contributed by atoms with van der Waals surface area (Å²) < 4.78 is 24.7. The first-order valence-corrected chi connectivity index (χ1v) is 5.20. The van der Waals surface area contributed by atoms with Gasteiger partial charge in [-0.15, -0.1) is 24.2 Å². The highest BCUT2D eigenvalue weighted by Gasteiger charge is 2.11. The zero-order chi connectivity index (χ0) is 11.4. The Morgan fingerprint density at radius 1 is 1.47 bits per heavy atom. The number of alkyl halides is 3. The van der Waals surface area contributed by atoms with Crippen molar-refractivity contribution in [1.82, 2.24) is 0 Å². The third kappa shape index (κ3) is 3.47. The molecular formula is C10H9ClF2OS. The second kappa shape index (κ2) is 5.47. The SMILES string of the molecule is O=C(CCl)Cc1cc(C(F)F)ccc1S. The summed E-state index contributed by atoms with van der Waals surface area (Å²) in [6.45, 7) is 0. The Balaban J connectivity index is 2.95. The average molecular weight is 251 g/mol. The van der Waals surface area contributed by atoms with Crippen molar-refractivity contribution >= 4 is 30.0 Å². The van der Waals surface area contributed by atoms with Crippen LogP contribution in [0.1, 0.15) is 17.6 Å². The summed E-state index contributed by atoms with van der Waals surface area (Å²) in [5.41, 5.74) is 0.381. The first kappa shape index (κ1) is 12.5. The monoisotopic (exact) mass is 250 g/mol. The van der Waals surface area contributed by atoms with Gasteiger partial charge >= 0.3 is 0 Å². The van der Waals surface area contributed by atoms with Crippen LogP contribution in [0.5, 0.6) is 0 Å². The second-order valence-electron chi connectivity index (χ2n) is 3.04. The van der Waals surface area contributed by atoms with Gasteiger partial charge in [-0.3, -0.25) is 4.79 Å². The Kier molecular flexibility index (Phi) is 4.54. The number of carbonyl (C=O) groups is 1. The van der Waals surface area contributed by atoms with Gasteiger partial charge in [-0.2, -0.15) is 0 Å². The van der Waals surface area contributed by atoms with Gasteiger partial charge in [0.15, 0.2) is 5.78 Å². The fraction of sp³-hybridized carbons (Fsp3) is 0.300. The maximum atomic E-state index is 12.4. The van der Waals surface area contributed by atoms with E-state index in [1.807, 2.05) is 0 Å². The van der Waals surface area contributed by atoms with Gasteiger partial charge in [0.25, 0.3) is 6.43 Å². The Morgan fingerprint density at radius 2 is 2.13 bits per heavy atom. The molecule has 0 radical (unpaired) electrons. The van der Waals surface area contributed by atoms with E-state index in [9.17, 15) is 13.6 Å². The van der Waals surface area contributed by atoms with Crippen LogP contribution in [0.3, 0.4) is 0 Å². The van der Waals surface area contributed by atoms with Gasteiger partial charge in [-0.05, 0) is 17.7 Å². The lowest BCUT2D eigenvalue weighted by Gasteiger charge is -2.06. The number of hydrogen-bond donors (Lipinski definition) is 1. The van der Waals surface area contributed by atoms with Crippen molar-refractivity contribution in [3.63, 3.8) is 0 Å². The molecule has 1 aromatic rings. The lowest BCUT2D eigenvalue weighted by Crippen LogP contribution is -2.05. The number of ketones is 1. The van der Waals surface area contributed by atoms with Gasteiger partial charge in [0.05, 0.1) is 5.88 Å². The molecule has 0 unspecified atom stereocenters. The zero-order valence-corrected chi connectivity index (χ0v) is 9.36. The molecule has 0 saturated carbocycles. The Labute approximate surface area is 96.8 Å². The van der Waals surface area contributed by atoms with Gasteiger partial charge in [-0.25, -0.2) is 8.78 Å². The number of halogens is 3. The molecule has 0 aromatic heterocycles. The molecule has 0 atom stereocenters. The van der Waals surface area contributed by atoms with Crippen LogP contribution in [0.2, 0.25) is 0 Å². The van der Waals surface area contributed by atoms with Crippen LogP contribution >= 0.6 is 24.2 Å². The topological polar surface area (TPSA) is 17.1 Å². The predicted octanol–water partition coefficient (Wildman–Crippen LogP) is 3.26. The van der Waals surface area contributed by atoms with Crippen LogP contribution in [0, 0.1) is 0 Å². The van der Waals surface area contributed by atoms with E-state index in [2.05, 4.69) is 12.6 Å². The summed E-state index contributed by atoms with van der Waals surface area (Å²) in [7, 11) is 0. The smallest absolute Gasteiger partial charge is 0.263 e. The van der Waals surface area contributed by atoms with Crippen LogP contribution in [0.25, 0.3) is 0 Å². The van der Waals surface area contributed by atoms with E-state index in [4.69, 9.17) is 11.6 Å². The van der Waals surface area contributed by atoms with Crippen molar-refractivity contribution < 1.29 is 13.6 Å². The Hall–Kier alpha value is -0.610. The molecule has 5 heteroatoms. The highest BCUT2D eigenvalue weighted by molar-refractivity contribution is 7.80. The minimum Gasteiger partial charge on any atom is -0.298 e. The van der Waals surface area contributed by atoms with Crippen LogP contribution < -0.4 is 0 Å². The molecule has 82 valence electrons. The first-order chi connectivity index (χ1) is 7.04. The lowest BCUT2D eigenvalue weighted by molar-refractivity contribution is -0.116. The van der Waals surface area contributed by atoms with Crippen molar-refractivity contribution in [3.8, 4) is 0 Å². The van der Waals surface area contributed by atoms with Crippen LogP contribution in [-0.2, 0) is 11.2 Å². The maximum Gasteiger partial charge on any atom is 0.263 e. The molecule has 0 saturated heterocycles. The Bertz CT molecular complexity index is 368. The molecule has 0 N–H and O–H groups in total. The minimum absolute atomic E-state index is 0.0445. The molecule has 1 aromatic carbocycles. The lowest BCUT2D eigenvalue weighted by atomic mass is 10.1. The number of carbonyl (C=O) groups excluding carboxylic acids is 1. The van der Waals surface area contributed by atoms with Gasteiger partial charge < -0.3 is 0 Å². The highest BCUT2D eigenvalue weighted by Crippen LogP contribution is 2.24. The van der Waals surface area contributed by atoms with Crippen LogP contribution in [0.15, 0.2) is 23.1 Å². The molecule has 0 aliphatic rings. The molecule has 0 spiro atoms. The summed E-state index contributed by atoms with van der Waals surface area (Å²) >= 11 is 9.42. The van der Waals surface area contributed by atoms with E-state index in [-0.39, 0.29) is 23.6 Å². The quantitative estimate of drug-likeness (QED) is 0.641. The number of rotatable bonds is 4. The fourth-order valence-electron chi connectivity index (χ4n) is 1.14. The number of thiol groups is 1. The number of benzene rings is 1. The summed E-state index contributed by atoms with van der Waals surface area (Å²) in [5.74, 6) is -0.329. The zero-order valence-electron chi connectivity index (χ0n) is 7.71. The summed E-state index contributed by atoms with van der Waals surface area (Å²) in [6.07, 6.45) is -2.49. The third-order valence-electron chi connectivity index (χ3n) is 1.89. The van der Waals surface area contributed by atoms with Crippen molar-refractivity contribution in [2.24, 2.45) is 0 Å². The molecule has 1 nitrogen and oxygen atoms in total. The molecular weight excluding hydrogens is 242 g/mol. The number of Topliss-reactive ketones (excluding diaryl/α,β-unsaturated/α-hetero) is 1. The first-order valence-electron chi connectivity index (χ1n) is 4.22.